The molecule has 0 aliphatic carbocycles. The highest BCUT2D eigenvalue weighted by atomic mass is 32.1. The Hall–Kier alpha value is -1.89. The van der Waals surface area contributed by atoms with Crippen LogP contribution >= 0.6 is 11.3 Å². The van der Waals surface area contributed by atoms with Gasteiger partial charge in [-0.3, -0.25) is 14.4 Å². The topological polar surface area (TPSA) is 86.7 Å². The summed E-state index contributed by atoms with van der Waals surface area (Å²) in [6, 6.07) is 2.32. The molecule has 1 fully saturated rings. The summed E-state index contributed by atoms with van der Waals surface area (Å²) < 4.78 is 0. The number of piperazine rings is 1. The Balaban J connectivity index is 2.12. The number of amides is 2. The first kappa shape index (κ1) is 17.5. The average molecular weight is 338 g/mol. The summed E-state index contributed by atoms with van der Waals surface area (Å²) in [5.74, 6) is -1.62. The number of carbonyl (C=O) groups excluding carboxylic acids is 2. The quantitative estimate of drug-likeness (QED) is 0.706. The van der Waals surface area contributed by atoms with Gasteiger partial charge in [0, 0.05) is 17.8 Å². The number of nitrogens with one attached hydrogen (secondary N) is 1. The van der Waals surface area contributed by atoms with E-state index in [9.17, 15) is 14.4 Å². The van der Waals surface area contributed by atoms with Crippen LogP contribution in [0.5, 0.6) is 0 Å². The fourth-order valence-corrected chi connectivity index (χ4v) is 3.51. The fourth-order valence-electron chi connectivity index (χ4n) is 2.76. The van der Waals surface area contributed by atoms with Crippen molar-refractivity contribution in [3.05, 3.63) is 22.4 Å². The summed E-state index contributed by atoms with van der Waals surface area (Å²) in [4.78, 5) is 38.5. The molecule has 1 aromatic rings. The van der Waals surface area contributed by atoms with Crippen LogP contribution < -0.4 is 5.32 Å². The first-order valence-corrected chi connectivity index (χ1v) is 8.76. The lowest BCUT2D eigenvalue weighted by Gasteiger charge is -2.38. The maximum Gasteiger partial charge on any atom is 0.305 e. The van der Waals surface area contributed by atoms with E-state index in [4.69, 9.17) is 5.11 Å². The molecule has 0 radical (unpaired) electrons. The zero-order valence-electron chi connectivity index (χ0n) is 13.2. The highest BCUT2D eigenvalue weighted by Crippen LogP contribution is 2.19. The van der Waals surface area contributed by atoms with Crippen LogP contribution in [0.4, 0.5) is 0 Å². The first-order chi connectivity index (χ1) is 11.0. The Morgan fingerprint density at radius 1 is 1.39 bits per heavy atom. The third kappa shape index (κ3) is 4.54. The van der Waals surface area contributed by atoms with E-state index in [1.54, 1.807) is 0 Å². The van der Waals surface area contributed by atoms with Crippen molar-refractivity contribution in [2.75, 3.05) is 6.54 Å². The van der Waals surface area contributed by atoms with Gasteiger partial charge in [0.1, 0.15) is 12.1 Å². The molecule has 1 aliphatic heterocycles. The van der Waals surface area contributed by atoms with E-state index >= 15 is 0 Å². The lowest BCUT2D eigenvalue weighted by atomic mass is 10.0. The number of thiophene rings is 1. The fraction of sp³-hybridized carbons (Fsp3) is 0.562. The van der Waals surface area contributed by atoms with Gasteiger partial charge >= 0.3 is 5.97 Å². The van der Waals surface area contributed by atoms with Crippen LogP contribution in [0.25, 0.3) is 0 Å². The summed E-state index contributed by atoms with van der Waals surface area (Å²) in [5, 5.41) is 13.6. The lowest BCUT2D eigenvalue weighted by molar-refractivity contribution is -0.153. The van der Waals surface area contributed by atoms with Gasteiger partial charge in [-0.2, -0.15) is 0 Å². The van der Waals surface area contributed by atoms with Gasteiger partial charge in [-0.15, -0.1) is 11.3 Å². The number of carboxylic acid groups (broad SMARTS) is 1. The van der Waals surface area contributed by atoms with Crippen molar-refractivity contribution in [2.24, 2.45) is 0 Å². The zero-order chi connectivity index (χ0) is 16.8. The third-order valence-corrected chi connectivity index (χ3v) is 4.83. The Labute approximate surface area is 139 Å². The minimum Gasteiger partial charge on any atom is -0.481 e. The van der Waals surface area contributed by atoms with Crippen LogP contribution in [0, 0.1) is 0 Å². The van der Waals surface area contributed by atoms with E-state index in [-0.39, 0.29) is 18.2 Å². The van der Waals surface area contributed by atoms with Crippen molar-refractivity contribution in [3.63, 3.8) is 0 Å². The van der Waals surface area contributed by atoms with Gasteiger partial charge in [0.15, 0.2) is 0 Å². The Kier molecular flexibility index (Phi) is 6.15. The maximum atomic E-state index is 12.7. The van der Waals surface area contributed by atoms with Crippen molar-refractivity contribution in [1.82, 2.24) is 10.2 Å². The monoisotopic (exact) mass is 338 g/mol. The van der Waals surface area contributed by atoms with E-state index in [0.29, 0.717) is 13.0 Å². The Morgan fingerprint density at radius 3 is 2.78 bits per heavy atom. The van der Waals surface area contributed by atoms with E-state index < -0.39 is 18.1 Å². The molecule has 0 aromatic carbocycles. The second-order valence-corrected chi connectivity index (χ2v) is 6.73. The number of carboxylic acids is 1. The van der Waals surface area contributed by atoms with Crippen LogP contribution in [0.2, 0.25) is 0 Å². The number of hydrogen-bond acceptors (Lipinski definition) is 4. The molecule has 23 heavy (non-hydrogen) atoms. The summed E-state index contributed by atoms with van der Waals surface area (Å²) in [6.07, 6.45) is 2.82. The molecule has 2 N–H and O–H groups in total. The number of aliphatic carboxylic acids is 1. The van der Waals surface area contributed by atoms with Crippen LogP contribution in [-0.2, 0) is 20.8 Å². The van der Waals surface area contributed by atoms with Gasteiger partial charge in [0.05, 0.1) is 6.42 Å². The standard InChI is InChI=1S/C16H22N2O4S/c1-2-3-4-7-18-13(10-14(19)20)15(21)17-12(16(18)22)9-11-6-5-8-23-11/h5-6,8,12-13H,2-4,7,9-10H2,1H3,(H,17,21)(H,19,20)/t12-,13-/m0/s1. The Morgan fingerprint density at radius 2 is 2.17 bits per heavy atom. The second-order valence-electron chi connectivity index (χ2n) is 5.70. The predicted molar refractivity (Wildman–Crippen MR) is 87.2 cm³/mol. The Bertz CT molecular complexity index is 558. The SMILES string of the molecule is CCCCCN1C(=O)[C@H](Cc2cccs2)NC(=O)[C@@H]1CC(=O)O. The van der Waals surface area contributed by atoms with Gasteiger partial charge in [-0.05, 0) is 17.9 Å². The molecule has 2 heterocycles. The van der Waals surface area contributed by atoms with Crippen molar-refractivity contribution in [1.29, 1.82) is 0 Å². The van der Waals surface area contributed by atoms with Crippen LogP contribution in [0.1, 0.15) is 37.5 Å². The van der Waals surface area contributed by atoms with Gasteiger partial charge in [0.25, 0.3) is 0 Å². The number of hydrogen-bond donors (Lipinski definition) is 2. The van der Waals surface area contributed by atoms with Crippen molar-refractivity contribution in [3.8, 4) is 0 Å². The first-order valence-electron chi connectivity index (χ1n) is 7.88. The highest BCUT2D eigenvalue weighted by Gasteiger charge is 2.41. The third-order valence-electron chi connectivity index (χ3n) is 3.93. The molecule has 1 saturated heterocycles. The smallest absolute Gasteiger partial charge is 0.305 e. The number of unbranched alkanes of at least 4 members (excludes halogenated alkanes) is 2. The minimum absolute atomic E-state index is 0.180. The normalized spacial score (nSPS) is 21.3. The number of carbonyl (C=O) groups is 3. The minimum atomic E-state index is -1.07. The molecular formula is C16H22N2O4S. The molecule has 2 atom stereocenters. The van der Waals surface area contributed by atoms with E-state index in [0.717, 1.165) is 24.1 Å². The summed E-state index contributed by atoms with van der Waals surface area (Å²) in [5.41, 5.74) is 0. The highest BCUT2D eigenvalue weighted by molar-refractivity contribution is 7.09. The van der Waals surface area contributed by atoms with E-state index in [1.807, 2.05) is 17.5 Å². The molecule has 126 valence electrons. The summed E-state index contributed by atoms with van der Waals surface area (Å²) in [7, 11) is 0. The van der Waals surface area contributed by atoms with E-state index in [2.05, 4.69) is 12.2 Å². The molecule has 1 aliphatic rings. The largest absolute Gasteiger partial charge is 0.481 e. The maximum absolute atomic E-state index is 12.7. The second kappa shape index (κ2) is 8.10. The van der Waals surface area contributed by atoms with Gasteiger partial charge in [-0.1, -0.05) is 25.8 Å². The molecular weight excluding hydrogens is 316 g/mol. The lowest BCUT2D eigenvalue weighted by Crippen LogP contribution is -2.64. The molecule has 0 unspecified atom stereocenters. The van der Waals surface area contributed by atoms with Gasteiger partial charge < -0.3 is 15.3 Å². The van der Waals surface area contributed by atoms with Crippen molar-refractivity contribution in [2.45, 2.75) is 51.1 Å². The van der Waals surface area contributed by atoms with Crippen molar-refractivity contribution < 1.29 is 19.5 Å². The van der Waals surface area contributed by atoms with Gasteiger partial charge in [0.2, 0.25) is 11.8 Å². The molecule has 2 rings (SSSR count). The van der Waals surface area contributed by atoms with E-state index in [1.165, 1.54) is 16.2 Å². The zero-order valence-corrected chi connectivity index (χ0v) is 14.0. The molecule has 0 saturated carbocycles. The molecule has 6 nitrogen and oxygen atoms in total. The average Bonchev–Trinajstić information content (AvgIpc) is 3.00. The van der Waals surface area contributed by atoms with Crippen LogP contribution in [-0.4, -0.2) is 46.4 Å². The summed E-state index contributed by atoms with van der Waals surface area (Å²) >= 11 is 1.54. The number of rotatable bonds is 8. The molecule has 7 heteroatoms. The van der Waals surface area contributed by atoms with Crippen molar-refractivity contribution >= 4 is 29.1 Å². The molecule has 0 spiro atoms. The summed E-state index contributed by atoms with van der Waals surface area (Å²) in [6.45, 7) is 2.48. The molecule has 0 bridgehead atoms. The van der Waals surface area contributed by atoms with Gasteiger partial charge in [-0.25, -0.2) is 0 Å². The predicted octanol–water partition coefficient (Wildman–Crippen LogP) is 1.65. The number of nitrogens with zero attached hydrogens (tertiary/aromatic N) is 1. The van der Waals surface area contributed by atoms with Crippen LogP contribution in [0.15, 0.2) is 17.5 Å². The molecule has 2 amide bonds. The molecule has 1 aromatic heterocycles. The van der Waals surface area contributed by atoms with Crippen LogP contribution in [0.3, 0.4) is 0 Å².